The van der Waals surface area contributed by atoms with Gasteiger partial charge in [-0.05, 0) is 60.5 Å². The molecule has 0 unspecified atom stereocenters. The van der Waals surface area contributed by atoms with Gasteiger partial charge in [0.05, 0.1) is 0 Å². The van der Waals surface area contributed by atoms with Gasteiger partial charge in [-0.3, -0.25) is 0 Å². The molecule has 0 aliphatic rings. The van der Waals surface area contributed by atoms with Gasteiger partial charge in [0.2, 0.25) is 0 Å². The fourth-order valence-corrected chi connectivity index (χ4v) is 2.82. The Kier molecular flexibility index (Phi) is 5.57. The van der Waals surface area contributed by atoms with Gasteiger partial charge in [-0.2, -0.15) is 0 Å². The predicted molar refractivity (Wildman–Crippen MR) is 85.3 cm³/mol. The van der Waals surface area contributed by atoms with E-state index in [9.17, 15) is 4.39 Å². The van der Waals surface area contributed by atoms with Gasteiger partial charge in [-0.1, -0.05) is 31.9 Å². The summed E-state index contributed by atoms with van der Waals surface area (Å²) < 4.78 is 20.8. The molecule has 0 spiro atoms. The van der Waals surface area contributed by atoms with Gasteiger partial charge < -0.3 is 10.5 Å². The van der Waals surface area contributed by atoms with Gasteiger partial charge in [-0.15, -0.1) is 0 Å². The van der Waals surface area contributed by atoms with Crippen molar-refractivity contribution in [3.05, 3.63) is 62.3 Å². The van der Waals surface area contributed by atoms with Crippen molar-refractivity contribution in [1.29, 1.82) is 0 Å². The molecule has 5 heteroatoms. The molecule has 106 valence electrons. The summed E-state index contributed by atoms with van der Waals surface area (Å²) in [6.45, 7) is 0.869. The fourth-order valence-electron chi connectivity index (χ4n) is 1.90. The number of rotatable bonds is 5. The maximum Gasteiger partial charge on any atom is 0.124 e. The van der Waals surface area contributed by atoms with E-state index in [0.29, 0.717) is 17.6 Å². The highest BCUT2D eigenvalue weighted by molar-refractivity contribution is 9.10. The molecule has 0 amide bonds. The molecule has 0 saturated heterocycles. The molecular formula is C15H14Br2FNO. The van der Waals surface area contributed by atoms with Crippen LogP contribution < -0.4 is 10.5 Å². The Labute approximate surface area is 134 Å². The van der Waals surface area contributed by atoms with Crippen molar-refractivity contribution in [3.63, 3.8) is 0 Å². The third-order valence-corrected chi connectivity index (χ3v) is 3.70. The van der Waals surface area contributed by atoms with E-state index in [-0.39, 0.29) is 5.82 Å². The molecule has 0 aromatic heterocycles. The minimum Gasteiger partial charge on any atom is -0.489 e. The molecule has 0 atom stereocenters. The van der Waals surface area contributed by atoms with E-state index >= 15 is 0 Å². The van der Waals surface area contributed by atoms with E-state index in [2.05, 4.69) is 31.9 Å². The lowest BCUT2D eigenvalue weighted by molar-refractivity contribution is 0.302. The van der Waals surface area contributed by atoms with Crippen LogP contribution in [0.2, 0.25) is 0 Å². The smallest absolute Gasteiger partial charge is 0.124 e. The molecule has 2 N–H and O–H groups in total. The Bertz CT molecular complexity index is 584. The van der Waals surface area contributed by atoms with Gasteiger partial charge in [0, 0.05) is 8.95 Å². The molecule has 0 aliphatic carbocycles. The largest absolute Gasteiger partial charge is 0.489 e. The van der Waals surface area contributed by atoms with Crippen molar-refractivity contribution in [3.8, 4) is 5.75 Å². The van der Waals surface area contributed by atoms with Crippen LogP contribution in [0.1, 0.15) is 11.1 Å². The summed E-state index contributed by atoms with van der Waals surface area (Å²) in [6.07, 6.45) is 0.738. The lowest BCUT2D eigenvalue weighted by Crippen LogP contribution is -2.05. The molecule has 0 fully saturated rings. The zero-order valence-electron chi connectivity index (χ0n) is 10.7. The van der Waals surface area contributed by atoms with Crippen molar-refractivity contribution >= 4 is 31.9 Å². The van der Waals surface area contributed by atoms with Gasteiger partial charge in [0.15, 0.2) is 0 Å². The van der Waals surface area contributed by atoms with Crippen LogP contribution in [0.4, 0.5) is 4.39 Å². The summed E-state index contributed by atoms with van der Waals surface area (Å²) in [4.78, 5) is 0. The number of nitrogens with two attached hydrogens (primary N) is 1. The van der Waals surface area contributed by atoms with Crippen LogP contribution in [-0.4, -0.2) is 6.54 Å². The van der Waals surface area contributed by atoms with Gasteiger partial charge in [-0.25, -0.2) is 4.39 Å². The van der Waals surface area contributed by atoms with E-state index in [0.717, 1.165) is 27.8 Å². The van der Waals surface area contributed by atoms with Crippen LogP contribution >= 0.6 is 31.9 Å². The average molecular weight is 403 g/mol. The summed E-state index contributed by atoms with van der Waals surface area (Å²) >= 11 is 6.70. The van der Waals surface area contributed by atoms with Gasteiger partial charge in [0.1, 0.15) is 18.2 Å². The third kappa shape index (κ3) is 4.30. The van der Waals surface area contributed by atoms with Crippen molar-refractivity contribution in [1.82, 2.24) is 0 Å². The summed E-state index contributed by atoms with van der Waals surface area (Å²) in [5, 5.41) is 0. The van der Waals surface area contributed by atoms with Crippen molar-refractivity contribution < 1.29 is 9.13 Å². The second-order valence-electron chi connectivity index (χ2n) is 4.36. The second-order valence-corrected chi connectivity index (χ2v) is 6.19. The van der Waals surface area contributed by atoms with Crippen LogP contribution in [0, 0.1) is 5.82 Å². The maximum atomic E-state index is 13.3. The molecule has 0 radical (unpaired) electrons. The van der Waals surface area contributed by atoms with E-state index in [4.69, 9.17) is 10.5 Å². The molecule has 20 heavy (non-hydrogen) atoms. The van der Waals surface area contributed by atoms with Crippen LogP contribution in [0.15, 0.2) is 45.3 Å². The van der Waals surface area contributed by atoms with Crippen LogP contribution in [0.25, 0.3) is 0 Å². The third-order valence-electron chi connectivity index (χ3n) is 2.75. The molecule has 2 rings (SSSR count). The average Bonchev–Trinajstić information content (AvgIpc) is 2.37. The molecule has 2 aromatic carbocycles. The fraction of sp³-hybridized carbons (Fsp3) is 0.200. The van der Waals surface area contributed by atoms with Crippen molar-refractivity contribution in [2.24, 2.45) is 5.73 Å². The highest BCUT2D eigenvalue weighted by Gasteiger charge is 2.06. The predicted octanol–water partition coefficient (Wildman–Crippen LogP) is 4.43. The molecule has 0 heterocycles. The quantitative estimate of drug-likeness (QED) is 0.802. The van der Waals surface area contributed by atoms with E-state index in [1.165, 1.54) is 12.1 Å². The first-order valence-electron chi connectivity index (χ1n) is 6.15. The monoisotopic (exact) mass is 401 g/mol. The zero-order chi connectivity index (χ0) is 14.5. The van der Waals surface area contributed by atoms with Crippen LogP contribution in [0.3, 0.4) is 0 Å². The van der Waals surface area contributed by atoms with Crippen molar-refractivity contribution in [2.45, 2.75) is 13.0 Å². The SMILES string of the molecule is NCCc1cc(Br)ccc1OCc1cc(F)cc(Br)c1. The molecule has 2 aromatic rings. The Balaban J connectivity index is 2.13. The minimum absolute atomic E-state index is 0.282. The number of benzene rings is 2. The number of halogens is 3. The van der Waals surface area contributed by atoms with Gasteiger partial charge in [0.25, 0.3) is 0 Å². The van der Waals surface area contributed by atoms with E-state index in [1.54, 1.807) is 0 Å². The normalized spacial score (nSPS) is 10.6. The minimum atomic E-state index is -0.282. The van der Waals surface area contributed by atoms with Gasteiger partial charge >= 0.3 is 0 Å². The summed E-state index contributed by atoms with van der Waals surface area (Å²) in [5.74, 6) is 0.495. The highest BCUT2D eigenvalue weighted by atomic mass is 79.9. The first kappa shape index (κ1) is 15.5. The summed E-state index contributed by atoms with van der Waals surface area (Å²) in [6, 6.07) is 10.5. The molecule has 0 aliphatic heterocycles. The summed E-state index contributed by atoms with van der Waals surface area (Å²) in [7, 11) is 0. The molecule has 0 bridgehead atoms. The summed E-state index contributed by atoms with van der Waals surface area (Å²) in [5.41, 5.74) is 7.42. The Morgan fingerprint density at radius 3 is 2.55 bits per heavy atom. The number of ether oxygens (including phenoxy) is 1. The first-order valence-corrected chi connectivity index (χ1v) is 7.73. The highest BCUT2D eigenvalue weighted by Crippen LogP contribution is 2.25. The van der Waals surface area contributed by atoms with Crippen LogP contribution in [0.5, 0.6) is 5.75 Å². The Hall–Kier alpha value is -0.910. The number of hydrogen-bond donors (Lipinski definition) is 1. The van der Waals surface area contributed by atoms with Crippen LogP contribution in [-0.2, 0) is 13.0 Å². The van der Waals surface area contributed by atoms with E-state index in [1.807, 2.05) is 24.3 Å². The topological polar surface area (TPSA) is 35.2 Å². The molecule has 0 saturated carbocycles. The lowest BCUT2D eigenvalue weighted by atomic mass is 10.1. The number of hydrogen-bond acceptors (Lipinski definition) is 2. The Morgan fingerprint density at radius 1 is 1.05 bits per heavy atom. The van der Waals surface area contributed by atoms with E-state index < -0.39 is 0 Å². The second kappa shape index (κ2) is 7.20. The standard InChI is InChI=1S/C15H14Br2FNO/c16-12-1-2-15(11(7-12)3-4-19)20-9-10-5-13(17)8-14(18)6-10/h1-2,5-8H,3-4,9,19H2. The Morgan fingerprint density at radius 2 is 1.85 bits per heavy atom. The van der Waals surface area contributed by atoms with Crippen molar-refractivity contribution in [2.75, 3.05) is 6.54 Å². The lowest BCUT2D eigenvalue weighted by Gasteiger charge is -2.12. The zero-order valence-corrected chi connectivity index (χ0v) is 13.9. The maximum absolute atomic E-state index is 13.3. The molecular weight excluding hydrogens is 389 g/mol. The first-order chi connectivity index (χ1) is 9.58. The molecule has 2 nitrogen and oxygen atoms in total.